The van der Waals surface area contributed by atoms with Crippen molar-refractivity contribution in [2.45, 2.75) is 19.5 Å². The van der Waals surface area contributed by atoms with Gasteiger partial charge in [0.25, 0.3) is 0 Å². The van der Waals surface area contributed by atoms with Gasteiger partial charge in [0.05, 0.1) is 0 Å². The lowest BCUT2D eigenvalue weighted by Gasteiger charge is -2.25. The minimum atomic E-state index is 0.340. The number of nitrogens with zero attached hydrogens (tertiary/aromatic N) is 1. The number of halogens is 1. The van der Waals surface area contributed by atoms with Crippen LogP contribution in [0.15, 0.2) is 53.0 Å². The molecule has 1 unspecified atom stereocenters. The van der Waals surface area contributed by atoms with Crippen LogP contribution < -0.4 is 5.73 Å². The van der Waals surface area contributed by atoms with Gasteiger partial charge in [-0.3, -0.25) is 4.90 Å². The van der Waals surface area contributed by atoms with Crippen LogP contribution in [-0.4, -0.2) is 11.9 Å². The topological polar surface area (TPSA) is 29.3 Å². The van der Waals surface area contributed by atoms with Crippen molar-refractivity contribution in [3.63, 3.8) is 0 Å². The molecule has 2 rings (SSSR count). The summed E-state index contributed by atoms with van der Waals surface area (Å²) in [6.45, 7) is 3.12. The molecule has 2 aromatic carbocycles. The maximum Gasteiger partial charge on any atom is 0.0321 e. The Bertz CT molecular complexity index is 537. The van der Waals surface area contributed by atoms with E-state index in [1.54, 1.807) is 0 Å². The van der Waals surface area contributed by atoms with E-state index in [0.29, 0.717) is 6.04 Å². The minimum Gasteiger partial charge on any atom is -0.399 e. The first kappa shape index (κ1) is 14.1. The van der Waals surface area contributed by atoms with E-state index in [0.717, 1.165) is 16.7 Å². The van der Waals surface area contributed by atoms with Gasteiger partial charge in [-0.25, -0.2) is 0 Å². The van der Waals surface area contributed by atoms with Gasteiger partial charge in [-0.2, -0.15) is 0 Å². The van der Waals surface area contributed by atoms with Crippen LogP contribution in [0.4, 0.5) is 5.69 Å². The molecule has 100 valence electrons. The van der Waals surface area contributed by atoms with Crippen molar-refractivity contribution in [2.24, 2.45) is 0 Å². The molecule has 0 amide bonds. The predicted octanol–water partition coefficient (Wildman–Crippen LogP) is 4.22. The van der Waals surface area contributed by atoms with Crippen LogP contribution in [-0.2, 0) is 6.54 Å². The molecule has 2 nitrogen and oxygen atoms in total. The molecule has 0 aliphatic carbocycles. The molecule has 19 heavy (non-hydrogen) atoms. The summed E-state index contributed by atoms with van der Waals surface area (Å²) in [4.78, 5) is 2.32. The lowest BCUT2D eigenvalue weighted by atomic mass is 10.1. The average Bonchev–Trinajstić information content (AvgIpc) is 2.40. The molecule has 0 heterocycles. The first-order chi connectivity index (χ1) is 9.06. The lowest BCUT2D eigenvalue weighted by Crippen LogP contribution is -2.21. The SMILES string of the molecule is CC(c1cccc(N)c1)N(C)Cc1ccc(Br)cc1. The Morgan fingerprint density at radius 2 is 1.84 bits per heavy atom. The molecule has 3 heteroatoms. The Balaban J connectivity index is 2.07. The lowest BCUT2D eigenvalue weighted by molar-refractivity contribution is 0.253. The molecular weight excluding hydrogens is 300 g/mol. The zero-order chi connectivity index (χ0) is 13.8. The highest BCUT2D eigenvalue weighted by atomic mass is 79.9. The van der Waals surface area contributed by atoms with Gasteiger partial charge >= 0.3 is 0 Å². The largest absolute Gasteiger partial charge is 0.399 e. The second-order valence-corrected chi connectivity index (χ2v) is 5.80. The highest BCUT2D eigenvalue weighted by Crippen LogP contribution is 2.22. The molecule has 0 aromatic heterocycles. The van der Waals surface area contributed by atoms with Gasteiger partial charge in [0.2, 0.25) is 0 Å². The van der Waals surface area contributed by atoms with E-state index in [9.17, 15) is 0 Å². The Labute approximate surface area is 123 Å². The van der Waals surface area contributed by atoms with Gasteiger partial charge in [0.1, 0.15) is 0 Å². The molecule has 0 bridgehead atoms. The smallest absolute Gasteiger partial charge is 0.0321 e. The molecule has 0 spiro atoms. The molecule has 2 N–H and O–H groups in total. The summed E-state index contributed by atoms with van der Waals surface area (Å²) in [7, 11) is 2.13. The van der Waals surface area contributed by atoms with E-state index < -0.39 is 0 Å². The van der Waals surface area contributed by atoms with Gasteiger partial charge in [-0.1, -0.05) is 40.2 Å². The molecule has 0 aliphatic rings. The van der Waals surface area contributed by atoms with E-state index in [1.165, 1.54) is 11.1 Å². The van der Waals surface area contributed by atoms with Gasteiger partial charge in [0, 0.05) is 22.7 Å². The molecule has 1 atom stereocenters. The first-order valence-corrected chi connectivity index (χ1v) is 7.15. The van der Waals surface area contributed by atoms with E-state index in [4.69, 9.17) is 5.73 Å². The van der Waals surface area contributed by atoms with Crippen LogP contribution in [0, 0.1) is 0 Å². The summed E-state index contributed by atoms with van der Waals surface area (Å²) in [5.41, 5.74) is 9.22. The van der Waals surface area contributed by atoms with Gasteiger partial charge in [-0.05, 0) is 49.4 Å². The summed E-state index contributed by atoms with van der Waals surface area (Å²) >= 11 is 3.46. The number of nitrogens with two attached hydrogens (primary N) is 1. The van der Waals surface area contributed by atoms with Crippen molar-refractivity contribution in [3.05, 3.63) is 64.1 Å². The molecule has 0 saturated carbocycles. The third-order valence-electron chi connectivity index (χ3n) is 3.40. The molecule has 2 aromatic rings. The predicted molar refractivity (Wildman–Crippen MR) is 84.9 cm³/mol. The van der Waals surface area contributed by atoms with E-state index in [1.807, 2.05) is 18.2 Å². The maximum absolute atomic E-state index is 5.84. The van der Waals surface area contributed by atoms with Crippen LogP contribution >= 0.6 is 15.9 Å². The summed E-state index contributed by atoms with van der Waals surface area (Å²) in [5.74, 6) is 0. The Kier molecular flexibility index (Phi) is 4.61. The molecular formula is C16H19BrN2. The quantitative estimate of drug-likeness (QED) is 0.855. The van der Waals surface area contributed by atoms with Crippen LogP contribution in [0.5, 0.6) is 0 Å². The average molecular weight is 319 g/mol. The fourth-order valence-corrected chi connectivity index (χ4v) is 2.35. The summed E-state index contributed by atoms with van der Waals surface area (Å²) in [6, 6.07) is 16.9. The zero-order valence-electron chi connectivity index (χ0n) is 11.3. The second-order valence-electron chi connectivity index (χ2n) is 4.89. The van der Waals surface area contributed by atoms with E-state index in [-0.39, 0.29) is 0 Å². The van der Waals surface area contributed by atoms with Crippen molar-refractivity contribution in [1.29, 1.82) is 0 Å². The van der Waals surface area contributed by atoms with Gasteiger partial charge in [-0.15, -0.1) is 0 Å². The summed E-state index contributed by atoms with van der Waals surface area (Å²) in [6.07, 6.45) is 0. The number of nitrogen functional groups attached to an aromatic ring is 1. The maximum atomic E-state index is 5.84. The van der Waals surface area contributed by atoms with Crippen molar-refractivity contribution in [2.75, 3.05) is 12.8 Å². The van der Waals surface area contributed by atoms with Crippen molar-refractivity contribution < 1.29 is 0 Å². The zero-order valence-corrected chi connectivity index (χ0v) is 12.9. The fraction of sp³-hybridized carbons (Fsp3) is 0.250. The van der Waals surface area contributed by atoms with Crippen LogP contribution in [0.3, 0.4) is 0 Å². The Morgan fingerprint density at radius 1 is 1.16 bits per heavy atom. The number of rotatable bonds is 4. The summed E-state index contributed by atoms with van der Waals surface area (Å²) < 4.78 is 1.11. The Hall–Kier alpha value is -1.32. The van der Waals surface area contributed by atoms with Gasteiger partial charge < -0.3 is 5.73 Å². The number of hydrogen-bond acceptors (Lipinski definition) is 2. The standard InChI is InChI=1S/C16H19BrN2/c1-12(14-4-3-5-16(18)10-14)19(2)11-13-6-8-15(17)9-7-13/h3-10,12H,11,18H2,1-2H3. The van der Waals surface area contributed by atoms with E-state index in [2.05, 4.69) is 65.1 Å². The fourth-order valence-electron chi connectivity index (χ4n) is 2.09. The highest BCUT2D eigenvalue weighted by molar-refractivity contribution is 9.10. The van der Waals surface area contributed by atoms with Crippen molar-refractivity contribution >= 4 is 21.6 Å². The third-order valence-corrected chi connectivity index (χ3v) is 3.93. The minimum absolute atomic E-state index is 0.340. The van der Waals surface area contributed by atoms with Crippen molar-refractivity contribution in [3.8, 4) is 0 Å². The number of anilines is 1. The van der Waals surface area contributed by atoms with Crippen LogP contribution in [0.2, 0.25) is 0 Å². The normalized spacial score (nSPS) is 12.6. The van der Waals surface area contributed by atoms with Gasteiger partial charge in [0.15, 0.2) is 0 Å². The van der Waals surface area contributed by atoms with Crippen molar-refractivity contribution in [1.82, 2.24) is 4.90 Å². The molecule has 0 saturated heterocycles. The monoisotopic (exact) mass is 318 g/mol. The number of hydrogen-bond donors (Lipinski definition) is 1. The van der Waals surface area contributed by atoms with Crippen LogP contribution in [0.25, 0.3) is 0 Å². The molecule has 0 aliphatic heterocycles. The number of benzene rings is 2. The molecule has 0 radical (unpaired) electrons. The highest BCUT2D eigenvalue weighted by Gasteiger charge is 2.12. The molecule has 0 fully saturated rings. The van der Waals surface area contributed by atoms with Crippen LogP contribution in [0.1, 0.15) is 24.1 Å². The van der Waals surface area contributed by atoms with E-state index >= 15 is 0 Å². The second kappa shape index (κ2) is 6.22. The third kappa shape index (κ3) is 3.82. The Morgan fingerprint density at radius 3 is 2.47 bits per heavy atom. The first-order valence-electron chi connectivity index (χ1n) is 6.36. The summed E-state index contributed by atoms with van der Waals surface area (Å²) in [5, 5.41) is 0.